The van der Waals surface area contributed by atoms with Crippen LogP contribution in [0.4, 0.5) is 13.2 Å². The van der Waals surface area contributed by atoms with Crippen LogP contribution < -0.4 is 5.56 Å². The number of rotatable bonds is 3. The van der Waals surface area contributed by atoms with Gasteiger partial charge in [-0.05, 0) is 12.1 Å². The second-order valence-corrected chi connectivity index (χ2v) is 6.47. The zero-order valence-corrected chi connectivity index (χ0v) is 12.8. The van der Waals surface area contributed by atoms with Crippen molar-refractivity contribution in [2.45, 2.75) is 12.8 Å². The Labute approximate surface area is 135 Å². The molecule has 5 nitrogen and oxygen atoms in total. The Hall–Kier alpha value is -2.04. The van der Waals surface area contributed by atoms with Crippen LogP contribution >= 0.6 is 22.7 Å². The predicted molar refractivity (Wildman–Crippen MR) is 80.2 cm³/mol. The Bertz CT molecular complexity index is 898. The molecule has 0 aliphatic rings. The van der Waals surface area contributed by atoms with Crippen LogP contribution in [-0.4, -0.2) is 20.1 Å². The summed E-state index contributed by atoms with van der Waals surface area (Å²) in [6, 6.07) is 4.62. The lowest BCUT2D eigenvalue weighted by atomic mass is 10.3. The number of hydrogen-bond acceptors (Lipinski definition) is 6. The van der Waals surface area contributed by atoms with E-state index in [0.29, 0.717) is 15.4 Å². The molecule has 3 aromatic rings. The molecule has 3 rings (SSSR count). The first-order chi connectivity index (χ1) is 10.9. The summed E-state index contributed by atoms with van der Waals surface area (Å²) >= 11 is 2.00. The monoisotopic (exact) mass is 359 g/mol. The SMILES string of the molecule is O=c1cc(-c2ccc(CO)s2)nc(-c2nc(C(F)(F)F)cs2)[nH]1. The van der Waals surface area contributed by atoms with E-state index in [0.717, 1.165) is 16.7 Å². The van der Waals surface area contributed by atoms with Gasteiger partial charge in [-0.15, -0.1) is 22.7 Å². The predicted octanol–water partition coefficient (Wildman–Crippen LogP) is 3.13. The summed E-state index contributed by atoms with van der Waals surface area (Å²) in [5, 5.41) is 9.92. The maximum atomic E-state index is 12.6. The third-order valence-electron chi connectivity index (χ3n) is 2.81. The lowest BCUT2D eigenvalue weighted by molar-refractivity contribution is -0.140. The zero-order valence-electron chi connectivity index (χ0n) is 11.2. The van der Waals surface area contributed by atoms with Gasteiger partial charge in [0.25, 0.3) is 5.56 Å². The molecule has 3 aromatic heterocycles. The number of nitrogens with one attached hydrogen (secondary N) is 1. The molecular weight excluding hydrogens is 351 g/mol. The van der Waals surface area contributed by atoms with E-state index in [-0.39, 0.29) is 17.4 Å². The van der Waals surface area contributed by atoms with E-state index < -0.39 is 17.4 Å². The number of thiophene rings is 1. The number of hydrogen-bond donors (Lipinski definition) is 2. The Morgan fingerprint density at radius 2 is 2.04 bits per heavy atom. The van der Waals surface area contributed by atoms with Gasteiger partial charge in [-0.2, -0.15) is 13.2 Å². The fourth-order valence-electron chi connectivity index (χ4n) is 1.80. The maximum Gasteiger partial charge on any atom is 0.434 e. The lowest BCUT2D eigenvalue weighted by Crippen LogP contribution is -2.09. The van der Waals surface area contributed by atoms with Gasteiger partial charge < -0.3 is 10.1 Å². The van der Waals surface area contributed by atoms with Gasteiger partial charge in [0.1, 0.15) is 0 Å². The number of H-pyrrole nitrogens is 1. The Morgan fingerprint density at radius 1 is 1.26 bits per heavy atom. The van der Waals surface area contributed by atoms with Crippen molar-refractivity contribution in [3.8, 4) is 21.4 Å². The molecule has 0 fully saturated rings. The van der Waals surface area contributed by atoms with Gasteiger partial charge in [-0.1, -0.05) is 0 Å². The second kappa shape index (κ2) is 5.87. The van der Waals surface area contributed by atoms with Crippen molar-refractivity contribution < 1.29 is 18.3 Å². The molecule has 0 aliphatic carbocycles. The van der Waals surface area contributed by atoms with Crippen LogP contribution in [0, 0.1) is 0 Å². The minimum absolute atomic E-state index is 0.0183. The zero-order chi connectivity index (χ0) is 16.6. The highest BCUT2D eigenvalue weighted by molar-refractivity contribution is 7.15. The van der Waals surface area contributed by atoms with Gasteiger partial charge >= 0.3 is 6.18 Å². The standard InChI is InChI=1S/C13H8F3N3O2S2/c14-13(15,16)9-5-22-12(18-9)11-17-7(3-10(21)19-11)8-2-1-6(4-20)23-8/h1-3,5,20H,4H2,(H,17,19,21). The minimum Gasteiger partial charge on any atom is -0.391 e. The van der Waals surface area contributed by atoms with E-state index in [4.69, 9.17) is 5.11 Å². The molecule has 120 valence electrons. The Kier molecular flexibility index (Phi) is 4.04. The highest BCUT2D eigenvalue weighted by Gasteiger charge is 2.34. The van der Waals surface area contributed by atoms with E-state index in [1.54, 1.807) is 12.1 Å². The normalized spacial score (nSPS) is 11.8. The highest BCUT2D eigenvalue weighted by Crippen LogP contribution is 2.33. The molecule has 10 heteroatoms. The summed E-state index contributed by atoms with van der Waals surface area (Å²) in [5.74, 6) is -0.0213. The fourth-order valence-corrected chi connectivity index (χ4v) is 3.40. The van der Waals surface area contributed by atoms with Crippen molar-refractivity contribution in [3.05, 3.63) is 44.5 Å². The molecule has 0 saturated heterocycles. The molecule has 0 aromatic carbocycles. The number of aromatic amines is 1. The summed E-state index contributed by atoms with van der Waals surface area (Å²) < 4.78 is 37.8. The largest absolute Gasteiger partial charge is 0.434 e. The van der Waals surface area contributed by atoms with Crippen LogP contribution in [0.2, 0.25) is 0 Å². The number of alkyl halides is 3. The molecular formula is C13H8F3N3O2S2. The molecule has 0 unspecified atom stereocenters. The van der Waals surface area contributed by atoms with Gasteiger partial charge in [-0.3, -0.25) is 4.79 Å². The number of aliphatic hydroxyl groups is 1. The summed E-state index contributed by atoms with van der Waals surface area (Å²) in [6.07, 6.45) is -4.55. The third-order valence-corrected chi connectivity index (χ3v) is 4.75. The van der Waals surface area contributed by atoms with Crippen molar-refractivity contribution in [1.82, 2.24) is 15.0 Å². The van der Waals surface area contributed by atoms with E-state index in [9.17, 15) is 18.0 Å². The lowest BCUT2D eigenvalue weighted by Gasteiger charge is -2.01. The second-order valence-electron chi connectivity index (χ2n) is 4.44. The molecule has 0 atom stereocenters. The van der Waals surface area contributed by atoms with E-state index in [1.807, 2.05) is 0 Å². The fraction of sp³-hybridized carbons (Fsp3) is 0.154. The van der Waals surface area contributed by atoms with Crippen molar-refractivity contribution in [1.29, 1.82) is 0 Å². The average molecular weight is 359 g/mol. The first kappa shape index (κ1) is 15.8. The van der Waals surface area contributed by atoms with Crippen LogP contribution in [0.25, 0.3) is 21.4 Å². The first-order valence-electron chi connectivity index (χ1n) is 6.21. The van der Waals surface area contributed by atoms with Gasteiger partial charge in [0.15, 0.2) is 16.5 Å². The molecule has 0 spiro atoms. The molecule has 0 bridgehead atoms. The minimum atomic E-state index is -4.55. The average Bonchev–Trinajstić information content (AvgIpc) is 3.15. The Balaban J connectivity index is 2.04. The molecule has 0 saturated carbocycles. The molecule has 2 N–H and O–H groups in total. The quantitative estimate of drug-likeness (QED) is 0.753. The van der Waals surface area contributed by atoms with Gasteiger partial charge in [-0.25, -0.2) is 9.97 Å². The van der Waals surface area contributed by atoms with Crippen LogP contribution in [-0.2, 0) is 12.8 Å². The van der Waals surface area contributed by atoms with Crippen LogP contribution in [0.1, 0.15) is 10.6 Å². The number of nitrogens with zero attached hydrogens (tertiary/aromatic N) is 2. The van der Waals surface area contributed by atoms with E-state index in [2.05, 4.69) is 15.0 Å². The summed E-state index contributed by atoms with van der Waals surface area (Å²) in [6.45, 7) is -0.137. The number of aliphatic hydroxyl groups excluding tert-OH is 1. The number of aromatic nitrogens is 3. The van der Waals surface area contributed by atoms with E-state index in [1.165, 1.54) is 17.4 Å². The third kappa shape index (κ3) is 3.33. The van der Waals surface area contributed by atoms with Crippen LogP contribution in [0.3, 0.4) is 0 Å². The van der Waals surface area contributed by atoms with Gasteiger partial charge in [0.2, 0.25) is 0 Å². The first-order valence-corrected chi connectivity index (χ1v) is 7.91. The smallest absolute Gasteiger partial charge is 0.391 e. The molecule has 3 heterocycles. The van der Waals surface area contributed by atoms with Crippen molar-refractivity contribution in [2.24, 2.45) is 0 Å². The molecule has 23 heavy (non-hydrogen) atoms. The summed E-state index contributed by atoms with van der Waals surface area (Å²) in [7, 11) is 0. The summed E-state index contributed by atoms with van der Waals surface area (Å²) in [4.78, 5) is 23.1. The van der Waals surface area contributed by atoms with Crippen LogP contribution in [0.5, 0.6) is 0 Å². The van der Waals surface area contributed by atoms with Gasteiger partial charge in [0, 0.05) is 16.3 Å². The number of thiazole rings is 1. The van der Waals surface area contributed by atoms with Crippen LogP contribution in [0.15, 0.2) is 28.4 Å². The summed E-state index contributed by atoms with van der Waals surface area (Å²) in [5.41, 5.74) is -1.20. The molecule has 0 aliphatic heterocycles. The van der Waals surface area contributed by atoms with Crippen molar-refractivity contribution in [2.75, 3.05) is 0 Å². The highest BCUT2D eigenvalue weighted by atomic mass is 32.1. The molecule has 0 radical (unpaired) electrons. The molecule has 0 amide bonds. The van der Waals surface area contributed by atoms with Gasteiger partial charge in [0.05, 0.1) is 17.2 Å². The van der Waals surface area contributed by atoms with E-state index >= 15 is 0 Å². The number of halogens is 3. The van der Waals surface area contributed by atoms with Crippen molar-refractivity contribution in [3.63, 3.8) is 0 Å². The maximum absolute atomic E-state index is 12.6. The Morgan fingerprint density at radius 3 is 2.65 bits per heavy atom. The topological polar surface area (TPSA) is 78.9 Å². The van der Waals surface area contributed by atoms with Crippen molar-refractivity contribution >= 4 is 22.7 Å².